The summed E-state index contributed by atoms with van der Waals surface area (Å²) >= 11 is 2.43. The van der Waals surface area contributed by atoms with Crippen LogP contribution in [0.5, 0.6) is 0 Å². The van der Waals surface area contributed by atoms with Crippen molar-refractivity contribution in [1.29, 1.82) is 0 Å². The van der Waals surface area contributed by atoms with Gasteiger partial charge >= 0.3 is 0 Å². The van der Waals surface area contributed by atoms with E-state index in [1.807, 2.05) is 0 Å². The van der Waals surface area contributed by atoms with Crippen LogP contribution in [-0.4, -0.2) is 16.8 Å². The minimum atomic E-state index is -0.323. The second kappa shape index (κ2) is 6.33. The van der Waals surface area contributed by atoms with E-state index in [0.29, 0.717) is 10.6 Å². The van der Waals surface area contributed by atoms with Crippen molar-refractivity contribution in [1.82, 2.24) is 5.43 Å². The van der Waals surface area contributed by atoms with E-state index < -0.39 is 0 Å². The van der Waals surface area contributed by atoms with Gasteiger partial charge in [-0.25, -0.2) is 5.84 Å². The fraction of sp³-hybridized carbons (Fsp3) is 0.200. The molecule has 1 aromatic heterocycles. The lowest BCUT2D eigenvalue weighted by molar-refractivity contribution is -0.109. The number of nitrogens with two attached hydrogens (primary N) is 1. The van der Waals surface area contributed by atoms with Gasteiger partial charge in [-0.3, -0.25) is 15.0 Å². The topological polar surface area (TPSA) is 72.2 Å². The lowest BCUT2D eigenvalue weighted by Crippen LogP contribution is -2.29. The number of amides is 1. The lowest BCUT2D eigenvalue weighted by atomic mass is 10.4. The summed E-state index contributed by atoms with van der Waals surface area (Å²) < 4.78 is 0. The molecule has 0 fully saturated rings. The Balaban J connectivity index is 2.58. The van der Waals surface area contributed by atoms with Crippen LogP contribution in [0.4, 0.5) is 0 Å². The molecule has 0 aliphatic heterocycles. The minimum absolute atomic E-state index is 0.0451. The predicted octanol–water partition coefficient (Wildman–Crippen LogP) is 0.983. The highest BCUT2D eigenvalue weighted by atomic mass is 32.2. The van der Waals surface area contributed by atoms with Gasteiger partial charge in [-0.2, -0.15) is 0 Å². The fourth-order valence-electron chi connectivity index (χ4n) is 0.859. The maximum absolute atomic E-state index is 11.1. The van der Waals surface area contributed by atoms with E-state index in [1.54, 1.807) is 12.1 Å². The quantitative estimate of drug-likeness (QED) is 0.357. The monoisotopic (exact) mass is 254 g/mol. The summed E-state index contributed by atoms with van der Waals surface area (Å²) in [5.74, 6) is 10.9. The highest BCUT2D eigenvalue weighted by Gasteiger charge is 2.05. The second-order valence-electron chi connectivity index (χ2n) is 2.72. The van der Waals surface area contributed by atoms with Crippen LogP contribution in [0.3, 0.4) is 0 Å². The van der Waals surface area contributed by atoms with Gasteiger partial charge in [0, 0.05) is 6.92 Å². The molecule has 0 aliphatic rings. The predicted molar refractivity (Wildman–Crippen MR) is 66.0 cm³/mol. The Bertz CT molecular complexity index is 457. The third kappa shape index (κ3) is 4.06. The summed E-state index contributed by atoms with van der Waals surface area (Å²) in [6.45, 7) is 1.50. The van der Waals surface area contributed by atoms with Crippen LogP contribution in [0.15, 0.2) is 12.1 Å². The number of hydrogen-bond acceptors (Lipinski definition) is 5. The summed E-state index contributed by atoms with van der Waals surface area (Å²) in [6.07, 6.45) is 0. The van der Waals surface area contributed by atoms with Crippen molar-refractivity contribution < 1.29 is 9.59 Å². The van der Waals surface area contributed by atoms with Gasteiger partial charge in [0.15, 0.2) is 5.12 Å². The van der Waals surface area contributed by atoms with Crippen LogP contribution in [-0.2, 0) is 4.79 Å². The smallest absolute Gasteiger partial charge is 0.275 e. The van der Waals surface area contributed by atoms with E-state index in [-0.39, 0.29) is 11.0 Å². The fourth-order valence-corrected chi connectivity index (χ4v) is 1.99. The Morgan fingerprint density at radius 3 is 2.94 bits per heavy atom. The molecule has 3 N–H and O–H groups in total. The van der Waals surface area contributed by atoms with Crippen molar-refractivity contribution in [3.05, 3.63) is 21.9 Å². The van der Waals surface area contributed by atoms with Crippen molar-refractivity contribution >= 4 is 34.1 Å². The number of carbonyl (C=O) groups is 2. The Morgan fingerprint density at radius 2 is 2.31 bits per heavy atom. The molecule has 0 aromatic carbocycles. The Hall–Kier alpha value is -1.29. The van der Waals surface area contributed by atoms with Crippen LogP contribution < -0.4 is 11.3 Å². The van der Waals surface area contributed by atoms with E-state index in [4.69, 9.17) is 5.84 Å². The summed E-state index contributed by atoms with van der Waals surface area (Å²) in [7, 11) is 0. The van der Waals surface area contributed by atoms with Crippen molar-refractivity contribution in [3.63, 3.8) is 0 Å². The first kappa shape index (κ1) is 12.8. The zero-order valence-corrected chi connectivity index (χ0v) is 10.2. The van der Waals surface area contributed by atoms with E-state index >= 15 is 0 Å². The molecule has 0 atom stereocenters. The normalized spacial score (nSPS) is 9.12. The minimum Gasteiger partial charge on any atom is -0.289 e. The average Bonchev–Trinajstić information content (AvgIpc) is 2.71. The zero-order chi connectivity index (χ0) is 12.0. The summed E-state index contributed by atoms with van der Waals surface area (Å²) in [5.41, 5.74) is 2.05. The number of hydrogen-bond donors (Lipinski definition) is 2. The van der Waals surface area contributed by atoms with Crippen molar-refractivity contribution in [3.8, 4) is 11.8 Å². The van der Waals surface area contributed by atoms with Crippen molar-refractivity contribution in [2.24, 2.45) is 5.84 Å². The molecule has 1 aromatic rings. The largest absolute Gasteiger partial charge is 0.289 e. The third-order valence-corrected chi connectivity index (χ3v) is 3.21. The number of rotatable bonds is 2. The van der Waals surface area contributed by atoms with Gasteiger partial charge in [0.1, 0.15) is 0 Å². The number of hydrazine groups is 1. The number of nitrogen functional groups attached to an aromatic ring is 1. The molecule has 0 radical (unpaired) electrons. The highest BCUT2D eigenvalue weighted by Crippen LogP contribution is 2.14. The first-order chi connectivity index (χ1) is 7.63. The van der Waals surface area contributed by atoms with Gasteiger partial charge < -0.3 is 0 Å². The molecule has 1 rings (SSSR count). The number of thioether (sulfide) groups is 1. The molecule has 0 saturated carbocycles. The number of carbonyl (C=O) groups excluding carboxylic acids is 2. The molecule has 6 heteroatoms. The van der Waals surface area contributed by atoms with Gasteiger partial charge in [-0.1, -0.05) is 23.6 Å². The second-order valence-corrected chi connectivity index (χ2v) is 4.96. The van der Waals surface area contributed by atoms with Gasteiger partial charge in [0.2, 0.25) is 0 Å². The Labute approximate surface area is 102 Å². The SMILES string of the molecule is CC(=O)SCC#Cc1ccc(C(=O)NN)s1. The maximum atomic E-state index is 11.1. The molecule has 16 heavy (non-hydrogen) atoms. The van der Waals surface area contributed by atoms with Crippen LogP contribution in [0.25, 0.3) is 0 Å². The van der Waals surface area contributed by atoms with Gasteiger partial charge in [-0.05, 0) is 12.1 Å². The molecular formula is C10H10N2O2S2. The van der Waals surface area contributed by atoms with Crippen molar-refractivity contribution in [2.45, 2.75) is 6.92 Å². The van der Waals surface area contributed by atoms with Crippen LogP contribution in [0.2, 0.25) is 0 Å². The van der Waals surface area contributed by atoms with Crippen LogP contribution in [0, 0.1) is 11.8 Å². The summed E-state index contributed by atoms with van der Waals surface area (Å²) in [5, 5.41) is 0.0451. The third-order valence-electron chi connectivity index (χ3n) is 1.52. The molecule has 84 valence electrons. The highest BCUT2D eigenvalue weighted by molar-refractivity contribution is 8.13. The zero-order valence-electron chi connectivity index (χ0n) is 8.57. The number of nitrogens with one attached hydrogen (secondary N) is 1. The Morgan fingerprint density at radius 1 is 1.56 bits per heavy atom. The molecule has 0 saturated heterocycles. The summed E-state index contributed by atoms with van der Waals surface area (Å²) in [4.78, 5) is 23.0. The van der Waals surface area contributed by atoms with Gasteiger partial charge in [-0.15, -0.1) is 11.3 Å². The van der Waals surface area contributed by atoms with Crippen LogP contribution in [0.1, 0.15) is 21.5 Å². The standard InChI is InChI=1S/C10H10N2O2S2/c1-7(13)15-6-2-3-8-4-5-9(16-8)10(14)12-11/h4-5H,6,11H2,1H3,(H,12,14). The van der Waals surface area contributed by atoms with Gasteiger partial charge in [0.25, 0.3) is 5.91 Å². The van der Waals surface area contributed by atoms with E-state index in [2.05, 4.69) is 17.3 Å². The van der Waals surface area contributed by atoms with Crippen molar-refractivity contribution in [2.75, 3.05) is 5.75 Å². The molecule has 4 nitrogen and oxygen atoms in total. The number of thiophene rings is 1. The van der Waals surface area contributed by atoms with Crippen LogP contribution >= 0.6 is 23.1 Å². The van der Waals surface area contributed by atoms with Gasteiger partial charge in [0.05, 0.1) is 15.5 Å². The molecule has 0 unspecified atom stereocenters. The molecule has 1 heterocycles. The lowest BCUT2D eigenvalue weighted by Gasteiger charge is -1.91. The molecule has 0 aliphatic carbocycles. The first-order valence-electron chi connectivity index (χ1n) is 4.36. The molecule has 1 amide bonds. The maximum Gasteiger partial charge on any atom is 0.275 e. The summed E-state index contributed by atoms with van der Waals surface area (Å²) in [6, 6.07) is 3.41. The first-order valence-corrected chi connectivity index (χ1v) is 6.16. The molecule has 0 spiro atoms. The van der Waals surface area contributed by atoms with E-state index in [0.717, 1.165) is 16.6 Å². The molecule has 0 bridgehead atoms. The Kier molecular flexibility index (Phi) is 5.05. The average molecular weight is 254 g/mol. The van der Waals surface area contributed by atoms with E-state index in [9.17, 15) is 9.59 Å². The van der Waals surface area contributed by atoms with E-state index in [1.165, 1.54) is 18.3 Å². The molecular weight excluding hydrogens is 244 g/mol.